The van der Waals surface area contributed by atoms with E-state index in [2.05, 4.69) is 15.6 Å². The van der Waals surface area contributed by atoms with Crippen LogP contribution in [0.15, 0.2) is 42.5 Å². The molecule has 0 bridgehead atoms. The zero-order valence-corrected chi connectivity index (χ0v) is 15.0. The molecule has 0 spiro atoms. The molecule has 25 heavy (non-hydrogen) atoms. The molecule has 128 valence electrons. The summed E-state index contributed by atoms with van der Waals surface area (Å²) in [5, 5.41) is 6.10. The van der Waals surface area contributed by atoms with E-state index in [4.69, 9.17) is 0 Å². The molecule has 0 saturated carbocycles. The van der Waals surface area contributed by atoms with Gasteiger partial charge in [-0.1, -0.05) is 17.4 Å². The molecule has 0 unspecified atom stereocenters. The molecule has 2 amide bonds. The number of nitrogens with one attached hydrogen (secondary N) is 2. The number of thiazole rings is 1. The molecular weight excluding hydrogens is 336 g/mol. The lowest BCUT2D eigenvalue weighted by Crippen LogP contribution is -2.14. The van der Waals surface area contributed by atoms with Crippen LogP contribution in [0.25, 0.3) is 10.2 Å². The standard InChI is InChI=1S/C18H18N4O2S/c1-11(23)19-13-7-8-15-16(10-13)25-18(20-15)21-17(24)12-5-4-6-14(9-12)22(2)3/h4-10H,1-3H3,(H,19,23)(H,20,21,24). The molecule has 1 heterocycles. The Morgan fingerprint density at radius 3 is 2.60 bits per heavy atom. The molecule has 2 N–H and O–H groups in total. The lowest BCUT2D eigenvalue weighted by atomic mass is 10.2. The van der Waals surface area contributed by atoms with Gasteiger partial charge in [0.25, 0.3) is 5.91 Å². The van der Waals surface area contributed by atoms with Crippen LogP contribution < -0.4 is 15.5 Å². The Labute approximate surface area is 149 Å². The van der Waals surface area contributed by atoms with E-state index in [9.17, 15) is 9.59 Å². The van der Waals surface area contributed by atoms with Crippen LogP contribution in [0, 0.1) is 0 Å². The largest absolute Gasteiger partial charge is 0.378 e. The average Bonchev–Trinajstić information content (AvgIpc) is 2.95. The summed E-state index contributed by atoms with van der Waals surface area (Å²) in [6.45, 7) is 1.46. The van der Waals surface area contributed by atoms with Gasteiger partial charge in [-0.05, 0) is 36.4 Å². The number of carbonyl (C=O) groups excluding carboxylic acids is 2. The van der Waals surface area contributed by atoms with E-state index in [1.165, 1.54) is 18.3 Å². The van der Waals surface area contributed by atoms with Crippen LogP contribution in [0.4, 0.5) is 16.5 Å². The number of aromatic nitrogens is 1. The Bertz CT molecular complexity index is 949. The SMILES string of the molecule is CC(=O)Nc1ccc2nc(NC(=O)c3cccc(N(C)C)c3)sc2c1. The first-order valence-electron chi connectivity index (χ1n) is 7.69. The summed E-state index contributed by atoms with van der Waals surface area (Å²) in [4.78, 5) is 30.0. The van der Waals surface area contributed by atoms with Crippen molar-refractivity contribution in [2.45, 2.75) is 6.92 Å². The Morgan fingerprint density at radius 1 is 1.08 bits per heavy atom. The number of hydrogen-bond donors (Lipinski definition) is 2. The summed E-state index contributed by atoms with van der Waals surface area (Å²) in [6.07, 6.45) is 0. The Morgan fingerprint density at radius 2 is 1.88 bits per heavy atom. The Hall–Kier alpha value is -2.93. The fourth-order valence-electron chi connectivity index (χ4n) is 2.35. The van der Waals surface area contributed by atoms with E-state index in [-0.39, 0.29) is 11.8 Å². The summed E-state index contributed by atoms with van der Waals surface area (Å²) in [5.74, 6) is -0.331. The molecule has 3 rings (SSSR count). The molecule has 0 aliphatic rings. The molecule has 0 fully saturated rings. The molecule has 0 atom stereocenters. The molecule has 3 aromatic rings. The van der Waals surface area contributed by atoms with Gasteiger partial charge in [0.05, 0.1) is 10.2 Å². The van der Waals surface area contributed by atoms with Gasteiger partial charge >= 0.3 is 0 Å². The van der Waals surface area contributed by atoms with Crippen LogP contribution in [0.1, 0.15) is 17.3 Å². The minimum absolute atomic E-state index is 0.127. The summed E-state index contributed by atoms with van der Waals surface area (Å²) < 4.78 is 0.892. The van der Waals surface area contributed by atoms with E-state index >= 15 is 0 Å². The highest BCUT2D eigenvalue weighted by atomic mass is 32.1. The summed E-state index contributed by atoms with van der Waals surface area (Å²) in [6, 6.07) is 12.8. The third kappa shape index (κ3) is 3.95. The fourth-order valence-corrected chi connectivity index (χ4v) is 3.25. The van der Waals surface area contributed by atoms with Crippen molar-refractivity contribution in [2.75, 3.05) is 29.6 Å². The van der Waals surface area contributed by atoms with E-state index in [1.807, 2.05) is 49.3 Å². The van der Waals surface area contributed by atoms with Crippen molar-refractivity contribution >= 4 is 49.9 Å². The van der Waals surface area contributed by atoms with Gasteiger partial charge in [0.15, 0.2) is 5.13 Å². The predicted molar refractivity (Wildman–Crippen MR) is 103 cm³/mol. The number of rotatable bonds is 4. The molecule has 6 nitrogen and oxygen atoms in total. The number of hydrogen-bond acceptors (Lipinski definition) is 5. The fraction of sp³-hybridized carbons (Fsp3) is 0.167. The number of carbonyl (C=O) groups is 2. The highest BCUT2D eigenvalue weighted by Crippen LogP contribution is 2.29. The smallest absolute Gasteiger partial charge is 0.257 e. The number of amides is 2. The van der Waals surface area contributed by atoms with Crippen molar-refractivity contribution in [3.63, 3.8) is 0 Å². The zero-order valence-electron chi connectivity index (χ0n) is 14.2. The zero-order chi connectivity index (χ0) is 18.0. The van der Waals surface area contributed by atoms with Gasteiger partial charge in [0.1, 0.15) is 0 Å². The number of anilines is 3. The normalized spacial score (nSPS) is 10.5. The van der Waals surface area contributed by atoms with Crippen molar-refractivity contribution in [2.24, 2.45) is 0 Å². The quantitative estimate of drug-likeness (QED) is 0.751. The molecule has 0 saturated heterocycles. The van der Waals surface area contributed by atoms with Crippen molar-refractivity contribution in [3.8, 4) is 0 Å². The second-order valence-corrected chi connectivity index (χ2v) is 6.81. The lowest BCUT2D eigenvalue weighted by molar-refractivity contribution is -0.114. The van der Waals surface area contributed by atoms with Gasteiger partial charge in [-0.3, -0.25) is 14.9 Å². The van der Waals surface area contributed by atoms with E-state index in [0.29, 0.717) is 16.4 Å². The van der Waals surface area contributed by atoms with Crippen LogP contribution in [0.3, 0.4) is 0 Å². The van der Waals surface area contributed by atoms with E-state index in [1.54, 1.807) is 12.1 Å². The highest BCUT2D eigenvalue weighted by Gasteiger charge is 2.11. The maximum Gasteiger partial charge on any atom is 0.257 e. The van der Waals surface area contributed by atoms with Crippen LogP contribution >= 0.6 is 11.3 Å². The van der Waals surface area contributed by atoms with Gasteiger partial charge in [0, 0.05) is 38.0 Å². The van der Waals surface area contributed by atoms with Crippen molar-refractivity contribution < 1.29 is 9.59 Å². The van der Waals surface area contributed by atoms with Crippen molar-refractivity contribution in [1.29, 1.82) is 0 Å². The maximum absolute atomic E-state index is 12.5. The summed E-state index contributed by atoms with van der Waals surface area (Å²) >= 11 is 1.37. The molecule has 7 heteroatoms. The van der Waals surface area contributed by atoms with Crippen LogP contribution in [-0.4, -0.2) is 30.9 Å². The van der Waals surface area contributed by atoms with Crippen molar-refractivity contribution in [3.05, 3.63) is 48.0 Å². The Kier molecular flexibility index (Phi) is 4.67. The molecule has 2 aromatic carbocycles. The highest BCUT2D eigenvalue weighted by molar-refractivity contribution is 7.22. The topological polar surface area (TPSA) is 74.3 Å². The number of nitrogens with zero attached hydrogens (tertiary/aromatic N) is 2. The summed E-state index contributed by atoms with van der Waals surface area (Å²) in [5.41, 5.74) is 3.01. The van der Waals surface area contributed by atoms with Crippen molar-refractivity contribution in [1.82, 2.24) is 4.98 Å². The van der Waals surface area contributed by atoms with Gasteiger partial charge in [-0.15, -0.1) is 0 Å². The van der Waals surface area contributed by atoms with Crippen LogP contribution in [-0.2, 0) is 4.79 Å². The van der Waals surface area contributed by atoms with Gasteiger partial charge < -0.3 is 10.2 Å². The van der Waals surface area contributed by atoms with E-state index in [0.717, 1.165) is 15.9 Å². The van der Waals surface area contributed by atoms with Crippen LogP contribution in [0.2, 0.25) is 0 Å². The van der Waals surface area contributed by atoms with Crippen LogP contribution in [0.5, 0.6) is 0 Å². The lowest BCUT2D eigenvalue weighted by Gasteiger charge is -2.13. The summed E-state index contributed by atoms with van der Waals surface area (Å²) in [7, 11) is 3.86. The van der Waals surface area contributed by atoms with Gasteiger partial charge in [0.2, 0.25) is 5.91 Å². The maximum atomic E-state index is 12.5. The predicted octanol–water partition coefficient (Wildman–Crippen LogP) is 3.57. The monoisotopic (exact) mass is 354 g/mol. The average molecular weight is 354 g/mol. The minimum Gasteiger partial charge on any atom is -0.378 e. The first kappa shape index (κ1) is 16.9. The minimum atomic E-state index is -0.204. The van der Waals surface area contributed by atoms with Gasteiger partial charge in [-0.25, -0.2) is 4.98 Å². The number of benzene rings is 2. The molecule has 0 radical (unpaired) electrons. The Balaban J connectivity index is 1.81. The first-order valence-corrected chi connectivity index (χ1v) is 8.51. The van der Waals surface area contributed by atoms with E-state index < -0.39 is 0 Å². The molecular formula is C18H18N4O2S. The second kappa shape index (κ2) is 6.90. The molecule has 1 aromatic heterocycles. The molecule has 0 aliphatic carbocycles. The number of fused-ring (bicyclic) bond motifs is 1. The third-order valence-corrected chi connectivity index (χ3v) is 4.49. The third-order valence-electron chi connectivity index (χ3n) is 3.55. The van der Waals surface area contributed by atoms with Gasteiger partial charge in [-0.2, -0.15) is 0 Å². The molecule has 0 aliphatic heterocycles. The first-order chi connectivity index (χ1) is 11.9. The second-order valence-electron chi connectivity index (χ2n) is 5.78.